The molecule has 190 valence electrons. The second kappa shape index (κ2) is 12.1. The van der Waals surface area contributed by atoms with Crippen molar-refractivity contribution in [1.82, 2.24) is 20.2 Å². The van der Waals surface area contributed by atoms with Crippen molar-refractivity contribution in [3.05, 3.63) is 77.9 Å². The van der Waals surface area contributed by atoms with Crippen LogP contribution in [0.2, 0.25) is 0 Å². The number of methoxy groups -OCH3 is 3. The molecule has 9 nitrogen and oxygen atoms in total. The van der Waals surface area contributed by atoms with E-state index < -0.39 is 0 Å². The lowest BCUT2D eigenvalue weighted by Gasteiger charge is -2.13. The molecule has 1 N–H and O–H groups in total. The highest BCUT2D eigenvalue weighted by molar-refractivity contribution is 7.99. The van der Waals surface area contributed by atoms with Crippen molar-refractivity contribution < 1.29 is 19.0 Å². The van der Waals surface area contributed by atoms with Gasteiger partial charge in [-0.3, -0.25) is 9.36 Å². The summed E-state index contributed by atoms with van der Waals surface area (Å²) in [5.74, 6) is 1.93. The highest BCUT2D eigenvalue weighted by Gasteiger charge is 2.18. The predicted molar refractivity (Wildman–Crippen MR) is 144 cm³/mol. The van der Waals surface area contributed by atoms with Crippen molar-refractivity contribution in [3.8, 4) is 34.3 Å². The van der Waals surface area contributed by atoms with Gasteiger partial charge >= 0.3 is 0 Å². The maximum absolute atomic E-state index is 12.6. The van der Waals surface area contributed by atoms with Crippen LogP contribution in [0.4, 0.5) is 0 Å². The molecule has 1 amide bonds. The summed E-state index contributed by atoms with van der Waals surface area (Å²) in [6, 6.07) is 21.4. The van der Waals surface area contributed by atoms with E-state index in [0.29, 0.717) is 33.8 Å². The minimum Gasteiger partial charge on any atom is -0.493 e. The lowest BCUT2D eigenvalue weighted by atomic mass is 10.2. The zero-order valence-electron chi connectivity index (χ0n) is 21.0. The molecule has 4 aromatic rings. The van der Waals surface area contributed by atoms with Gasteiger partial charge in [0.1, 0.15) is 0 Å². The molecule has 1 heterocycles. The first-order chi connectivity index (χ1) is 18.0. The van der Waals surface area contributed by atoms with E-state index in [1.807, 2.05) is 66.1 Å². The van der Waals surface area contributed by atoms with Crippen LogP contribution in [-0.4, -0.2) is 54.0 Å². The van der Waals surface area contributed by atoms with Gasteiger partial charge in [-0.15, -0.1) is 10.2 Å². The monoisotopic (exact) mass is 517 g/mol. The molecule has 10 heteroatoms. The Balaban J connectivity index is 1.49. The van der Waals surface area contributed by atoms with Crippen LogP contribution in [-0.2, 0) is 4.79 Å². The Morgan fingerprint density at radius 2 is 1.68 bits per heavy atom. The summed E-state index contributed by atoms with van der Waals surface area (Å²) in [7, 11) is 4.60. The molecule has 0 unspecified atom stereocenters. The number of hydrogen-bond acceptors (Lipinski definition) is 8. The van der Waals surface area contributed by atoms with Crippen molar-refractivity contribution in [3.63, 3.8) is 0 Å². The Kier molecular flexibility index (Phi) is 8.42. The van der Waals surface area contributed by atoms with Gasteiger partial charge in [0.05, 0.1) is 33.3 Å². The van der Waals surface area contributed by atoms with Crippen molar-refractivity contribution in [1.29, 1.82) is 0 Å². The van der Waals surface area contributed by atoms with Gasteiger partial charge in [0.2, 0.25) is 5.75 Å². The van der Waals surface area contributed by atoms with Gasteiger partial charge in [-0.05, 0) is 31.2 Å². The zero-order valence-corrected chi connectivity index (χ0v) is 21.8. The smallest absolute Gasteiger partial charge is 0.250 e. The van der Waals surface area contributed by atoms with Crippen LogP contribution in [0.25, 0.3) is 17.1 Å². The first kappa shape index (κ1) is 25.8. The van der Waals surface area contributed by atoms with Gasteiger partial charge in [-0.25, -0.2) is 5.43 Å². The van der Waals surface area contributed by atoms with E-state index in [1.54, 1.807) is 19.2 Å². The lowest BCUT2D eigenvalue weighted by Crippen LogP contribution is -2.20. The topological polar surface area (TPSA) is 99.9 Å². The number of carbonyl (C=O) groups is 1. The van der Waals surface area contributed by atoms with E-state index in [-0.39, 0.29) is 11.7 Å². The third-order valence-electron chi connectivity index (χ3n) is 5.42. The molecule has 4 rings (SSSR count). The number of hydrogen-bond donors (Lipinski definition) is 1. The average molecular weight is 518 g/mol. The van der Waals surface area contributed by atoms with Gasteiger partial charge in [0, 0.05) is 16.8 Å². The van der Waals surface area contributed by atoms with Gasteiger partial charge < -0.3 is 14.2 Å². The second-order valence-corrected chi connectivity index (χ2v) is 8.79. The number of thioether (sulfide) groups is 1. The minimum absolute atomic E-state index is 0.0964. The molecule has 0 bridgehead atoms. The molecule has 1 aromatic heterocycles. The maximum Gasteiger partial charge on any atom is 0.250 e. The number of amides is 1. The van der Waals surface area contributed by atoms with Crippen LogP contribution in [0.3, 0.4) is 0 Å². The Bertz CT molecular complexity index is 1390. The van der Waals surface area contributed by atoms with Crippen LogP contribution in [0.5, 0.6) is 17.2 Å². The number of benzene rings is 3. The van der Waals surface area contributed by atoms with Crippen LogP contribution in [0, 0.1) is 6.92 Å². The van der Waals surface area contributed by atoms with Gasteiger partial charge in [0.15, 0.2) is 22.5 Å². The SMILES string of the molecule is COc1ccc(/C=N\NC(=O)CSc2nnc(-c3ccccc3)n2-c2ccc(C)cc2)c(OC)c1OC. The molecule has 0 aliphatic heterocycles. The third kappa shape index (κ3) is 5.92. The van der Waals surface area contributed by atoms with Gasteiger partial charge in [-0.1, -0.05) is 59.8 Å². The summed E-state index contributed by atoms with van der Waals surface area (Å²) in [6.45, 7) is 2.03. The van der Waals surface area contributed by atoms with Crippen molar-refractivity contribution in [2.75, 3.05) is 27.1 Å². The molecule has 37 heavy (non-hydrogen) atoms. The van der Waals surface area contributed by atoms with Gasteiger partial charge in [-0.2, -0.15) is 5.10 Å². The molecule has 0 saturated carbocycles. The number of ether oxygens (including phenoxy) is 3. The van der Waals surface area contributed by atoms with Crippen molar-refractivity contribution in [2.45, 2.75) is 12.1 Å². The Labute approximate surface area is 219 Å². The molecule has 0 radical (unpaired) electrons. The molecule has 3 aromatic carbocycles. The van der Waals surface area contributed by atoms with E-state index in [9.17, 15) is 4.79 Å². The number of hydrazone groups is 1. The Morgan fingerprint density at radius 1 is 0.946 bits per heavy atom. The summed E-state index contributed by atoms with van der Waals surface area (Å²) < 4.78 is 18.1. The number of rotatable bonds is 10. The zero-order chi connectivity index (χ0) is 26.2. The average Bonchev–Trinajstić information content (AvgIpc) is 3.36. The third-order valence-corrected chi connectivity index (χ3v) is 6.35. The standard InChI is InChI=1S/C27H27N5O4S/c1-18-10-13-21(14-11-18)32-26(19-8-6-5-7-9-19)30-31-27(32)37-17-23(33)29-28-16-20-12-15-22(34-2)25(36-4)24(20)35-3/h5-16H,17H2,1-4H3,(H,29,33)/b28-16-. The molecule has 0 spiro atoms. The van der Waals surface area contributed by atoms with E-state index >= 15 is 0 Å². The summed E-state index contributed by atoms with van der Waals surface area (Å²) in [5, 5.41) is 13.5. The fourth-order valence-electron chi connectivity index (χ4n) is 3.63. The first-order valence-electron chi connectivity index (χ1n) is 11.4. The van der Waals surface area contributed by atoms with E-state index in [1.165, 1.54) is 32.2 Å². The fourth-order valence-corrected chi connectivity index (χ4v) is 4.37. The summed E-state index contributed by atoms with van der Waals surface area (Å²) in [6.07, 6.45) is 1.49. The lowest BCUT2D eigenvalue weighted by molar-refractivity contribution is -0.118. The van der Waals surface area contributed by atoms with Crippen LogP contribution in [0.15, 0.2) is 77.0 Å². The minimum atomic E-state index is -0.291. The molecular formula is C27H27N5O4S. The summed E-state index contributed by atoms with van der Waals surface area (Å²) in [5.41, 5.74) is 6.17. The molecule has 0 aliphatic carbocycles. The quantitative estimate of drug-likeness (QED) is 0.188. The number of aromatic nitrogens is 3. The highest BCUT2D eigenvalue weighted by Crippen LogP contribution is 2.39. The molecule has 0 fully saturated rings. The van der Waals surface area contributed by atoms with Crippen LogP contribution >= 0.6 is 11.8 Å². The number of nitrogens with zero attached hydrogens (tertiary/aromatic N) is 4. The fraction of sp³-hybridized carbons (Fsp3) is 0.185. The second-order valence-electron chi connectivity index (χ2n) is 7.85. The first-order valence-corrected chi connectivity index (χ1v) is 12.4. The Hall–Kier alpha value is -4.31. The number of aryl methyl sites for hydroxylation is 1. The van der Waals surface area contributed by atoms with E-state index in [4.69, 9.17) is 14.2 Å². The van der Waals surface area contributed by atoms with Crippen molar-refractivity contribution >= 4 is 23.9 Å². The highest BCUT2D eigenvalue weighted by atomic mass is 32.2. The molecule has 0 saturated heterocycles. The van der Waals surface area contributed by atoms with E-state index in [0.717, 1.165) is 16.8 Å². The van der Waals surface area contributed by atoms with Gasteiger partial charge in [0.25, 0.3) is 5.91 Å². The number of nitrogens with one attached hydrogen (secondary N) is 1. The normalized spacial score (nSPS) is 10.9. The van der Waals surface area contributed by atoms with Crippen LogP contribution in [0.1, 0.15) is 11.1 Å². The maximum atomic E-state index is 12.6. The number of carbonyl (C=O) groups excluding carboxylic acids is 1. The molecular weight excluding hydrogens is 490 g/mol. The summed E-state index contributed by atoms with van der Waals surface area (Å²) in [4.78, 5) is 12.6. The molecule has 0 atom stereocenters. The van der Waals surface area contributed by atoms with E-state index in [2.05, 4.69) is 20.7 Å². The Morgan fingerprint density at radius 3 is 2.35 bits per heavy atom. The van der Waals surface area contributed by atoms with Crippen molar-refractivity contribution in [2.24, 2.45) is 5.10 Å². The summed E-state index contributed by atoms with van der Waals surface area (Å²) >= 11 is 1.28. The predicted octanol–water partition coefficient (Wildman–Crippen LogP) is 4.51. The van der Waals surface area contributed by atoms with Crippen LogP contribution < -0.4 is 19.6 Å². The largest absolute Gasteiger partial charge is 0.493 e. The molecule has 0 aliphatic rings.